The molecule has 0 spiro atoms. The number of hydrogen-bond acceptors (Lipinski definition) is 4. The molecule has 0 saturated carbocycles. The highest BCUT2D eigenvalue weighted by Gasteiger charge is 2.16. The molecule has 1 unspecified atom stereocenters. The zero-order chi connectivity index (χ0) is 14.2. The third kappa shape index (κ3) is 5.12. The van der Waals surface area contributed by atoms with Crippen LogP contribution >= 0.6 is 0 Å². The van der Waals surface area contributed by atoms with Gasteiger partial charge in [-0.1, -0.05) is 12.1 Å². The van der Waals surface area contributed by atoms with Gasteiger partial charge in [-0.2, -0.15) is 0 Å². The lowest BCUT2D eigenvalue weighted by Crippen LogP contribution is -2.30. The van der Waals surface area contributed by atoms with Crippen LogP contribution in [0.5, 0.6) is 5.75 Å². The first-order valence-corrected chi connectivity index (χ1v) is 7.50. The monoisotopic (exact) mass is 278 g/mol. The first-order valence-electron chi connectivity index (χ1n) is 7.50. The second-order valence-electron chi connectivity index (χ2n) is 5.45. The van der Waals surface area contributed by atoms with Crippen molar-refractivity contribution in [1.29, 1.82) is 0 Å². The Morgan fingerprint density at radius 2 is 2.35 bits per heavy atom. The summed E-state index contributed by atoms with van der Waals surface area (Å²) in [6.07, 6.45) is 3.86. The molecule has 1 fully saturated rings. The average molecular weight is 278 g/mol. The van der Waals surface area contributed by atoms with Crippen LogP contribution in [0.25, 0.3) is 0 Å². The molecule has 112 valence electrons. The zero-order valence-electron chi connectivity index (χ0n) is 12.4. The van der Waals surface area contributed by atoms with Gasteiger partial charge in [-0.25, -0.2) is 0 Å². The molecule has 2 N–H and O–H groups in total. The molecule has 4 nitrogen and oxygen atoms in total. The zero-order valence-corrected chi connectivity index (χ0v) is 12.4. The molecule has 0 bridgehead atoms. The van der Waals surface area contributed by atoms with Gasteiger partial charge in [0.1, 0.15) is 5.75 Å². The van der Waals surface area contributed by atoms with E-state index in [2.05, 4.69) is 11.9 Å². The van der Waals surface area contributed by atoms with Crippen molar-refractivity contribution in [2.75, 3.05) is 33.4 Å². The van der Waals surface area contributed by atoms with Crippen molar-refractivity contribution < 1.29 is 9.47 Å². The van der Waals surface area contributed by atoms with Crippen molar-refractivity contribution in [1.82, 2.24) is 4.90 Å². The lowest BCUT2D eigenvalue weighted by atomic mass is 10.2. The molecule has 1 saturated heterocycles. The molecule has 1 aromatic rings. The van der Waals surface area contributed by atoms with Crippen molar-refractivity contribution in [3.63, 3.8) is 0 Å². The van der Waals surface area contributed by atoms with Crippen molar-refractivity contribution in [3.05, 3.63) is 29.8 Å². The Balaban J connectivity index is 1.60. The fourth-order valence-corrected chi connectivity index (χ4v) is 2.51. The second-order valence-corrected chi connectivity index (χ2v) is 5.45. The summed E-state index contributed by atoms with van der Waals surface area (Å²) in [7, 11) is 2.15. The van der Waals surface area contributed by atoms with E-state index < -0.39 is 0 Å². The van der Waals surface area contributed by atoms with Crippen LogP contribution < -0.4 is 10.5 Å². The summed E-state index contributed by atoms with van der Waals surface area (Å²) in [5.41, 5.74) is 6.73. The fraction of sp³-hybridized carbons (Fsp3) is 0.625. The normalized spacial score (nSPS) is 18.6. The number of hydrogen-bond donors (Lipinski definition) is 1. The maximum absolute atomic E-state index is 5.76. The molecule has 1 heterocycles. The molecule has 0 amide bonds. The van der Waals surface area contributed by atoms with Crippen LogP contribution in [0.1, 0.15) is 24.8 Å². The Labute approximate surface area is 121 Å². The summed E-state index contributed by atoms with van der Waals surface area (Å²) in [5, 5.41) is 0. The summed E-state index contributed by atoms with van der Waals surface area (Å²) in [5.74, 6) is 0.912. The first kappa shape index (κ1) is 15.3. The molecule has 4 heteroatoms. The highest BCUT2D eigenvalue weighted by molar-refractivity contribution is 5.28. The summed E-state index contributed by atoms with van der Waals surface area (Å²) < 4.78 is 11.4. The maximum Gasteiger partial charge on any atom is 0.119 e. The Morgan fingerprint density at radius 3 is 3.10 bits per heavy atom. The smallest absolute Gasteiger partial charge is 0.119 e. The molecular weight excluding hydrogens is 252 g/mol. The van der Waals surface area contributed by atoms with E-state index in [9.17, 15) is 0 Å². The van der Waals surface area contributed by atoms with Gasteiger partial charge in [0.25, 0.3) is 0 Å². The summed E-state index contributed by atoms with van der Waals surface area (Å²) in [4.78, 5) is 2.33. The highest BCUT2D eigenvalue weighted by atomic mass is 16.5. The molecule has 1 aromatic carbocycles. The van der Waals surface area contributed by atoms with Gasteiger partial charge in [0.15, 0.2) is 0 Å². The van der Waals surface area contributed by atoms with Crippen LogP contribution in [0, 0.1) is 0 Å². The topological polar surface area (TPSA) is 47.7 Å². The largest absolute Gasteiger partial charge is 0.494 e. The molecule has 1 aliphatic rings. The van der Waals surface area contributed by atoms with Crippen molar-refractivity contribution in [2.45, 2.75) is 31.9 Å². The summed E-state index contributed by atoms with van der Waals surface area (Å²) in [6.45, 7) is 4.30. The summed E-state index contributed by atoms with van der Waals surface area (Å²) in [6, 6.07) is 7.99. The number of nitrogens with zero attached hydrogens (tertiary/aromatic N) is 1. The van der Waals surface area contributed by atoms with Gasteiger partial charge >= 0.3 is 0 Å². The molecule has 2 rings (SSSR count). The number of ether oxygens (including phenoxy) is 2. The molecule has 20 heavy (non-hydrogen) atoms. The molecule has 0 aromatic heterocycles. The Hall–Kier alpha value is -1.10. The number of nitrogens with two attached hydrogens (primary N) is 1. The standard InChI is InChI=1S/C16H26N2O2/c1-18(13-16-7-3-9-20-16)8-4-10-19-15-6-2-5-14(11-15)12-17/h2,5-6,11,16H,3-4,7-10,12-13,17H2,1H3. The van der Waals surface area contributed by atoms with Gasteiger partial charge in [-0.05, 0) is 44.0 Å². The Kier molecular flexibility index (Phi) is 6.30. The van der Waals surface area contributed by atoms with Gasteiger partial charge in [0.2, 0.25) is 0 Å². The minimum absolute atomic E-state index is 0.433. The fourth-order valence-electron chi connectivity index (χ4n) is 2.51. The van der Waals surface area contributed by atoms with Crippen LogP contribution in [0.3, 0.4) is 0 Å². The van der Waals surface area contributed by atoms with E-state index in [1.165, 1.54) is 12.8 Å². The predicted octanol–water partition coefficient (Wildman–Crippen LogP) is 2.02. The lowest BCUT2D eigenvalue weighted by Gasteiger charge is -2.20. The lowest BCUT2D eigenvalue weighted by molar-refractivity contribution is 0.0797. The van der Waals surface area contributed by atoms with Crippen LogP contribution in [0.15, 0.2) is 24.3 Å². The number of benzene rings is 1. The van der Waals surface area contributed by atoms with Gasteiger partial charge in [0.05, 0.1) is 12.7 Å². The van der Waals surface area contributed by atoms with E-state index in [4.69, 9.17) is 15.2 Å². The van der Waals surface area contributed by atoms with E-state index in [0.717, 1.165) is 44.0 Å². The Bertz CT molecular complexity index is 392. The van der Waals surface area contributed by atoms with Crippen LogP contribution in [-0.4, -0.2) is 44.4 Å². The molecule has 1 aliphatic heterocycles. The van der Waals surface area contributed by atoms with Gasteiger partial charge in [-0.15, -0.1) is 0 Å². The van der Waals surface area contributed by atoms with E-state index >= 15 is 0 Å². The van der Waals surface area contributed by atoms with E-state index in [-0.39, 0.29) is 0 Å². The number of likely N-dealkylation sites (N-methyl/N-ethyl adjacent to an activating group) is 1. The van der Waals surface area contributed by atoms with E-state index in [1.807, 2.05) is 24.3 Å². The van der Waals surface area contributed by atoms with Crippen molar-refractivity contribution in [2.24, 2.45) is 5.73 Å². The first-order chi connectivity index (χ1) is 9.78. The molecule has 1 atom stereocenters. The van der Waals surface area contributed by atoms with Crippen molar-refractivity contribution >= 4 is 0 Å². The minimum atomic E-state index is 0.433. The third-order valence-electron chi connectivity index (χ3n) is 3.63. The highest BCUT2D eigenvalue weighted by Crippen LogP contribution is 2.14. The van der Waals surface area contributed by atoms with Crippen LogP contribution in [0.2, 0.25) is 0 Å². The molecular formula is C16H26N2O2. The molecule has 0 radical (unpaired) electrons. The Morgan fingerprint density at radius 1 is 1.45 bits per heavy atom. The average Bonchev–Trinajstić information content (AvgIpc) is 2.97. The van der Waals surface area contributed by atoms with Crippen LogP contribution in [0.4, 0.5) is 0 Å². The number of rotatable bonds is 8. The van der Waals surface area contributed by atoms with Crippen molar-refractivity contribution in [3.8, 4) is 5.75 Å². The van der Waals surface area contributed by atoms with Gasteiger partial charge in [-0.3, -0.25) is 0 Å². The second kappa shape index (κ2) is 8.25. The summed E-state index contributed by atoms with van der Waals surface area (Å²) >= 11 is 0. The molecule has 0 aliphatic carbocycles. The minimum Gasteiger partial charge on any atom is -0.494 e. The van der Waals surface area contributed by atoms with E-state index in [0.29, 0.717) is 12.6 Å². The van der Waals surface area contributed by atoms with Crippen LogP contribution in [-0.2, 0) is 11.3 Å². The predicted molar refractivity (Wildman–Crippen MR) is 80.9 cm³/mol. The maximum atomic E-state index is 5.76. The third-order valence-corrected chi connectivity index (χ3v) is 3.63. The van der Waals surface area contributed by atoms with Gasteiger partial charge < -0.3 is 20.1 Å². The quantitative estimate of drug-likeness (QED) is 0.739. The van der Waals surface area contributed by atoms with Gasteiger partial charge in [0, 0.05) is 26.2 Å². The SMILES string of the molecule is CN(CCCOc1cccc(CN)c1)CC1CCCO1. The van der Waals surface area contributed by atoms with E-state index in [1.54, 1.807) is 0 Å².